The van der Waals surface area contributed by atoms with Crippen LogP contribution in [0.4, 0.5) is 0 Å². The molecule has 0 spiro atoms. The van der Waals surface area contributed by atoms with Gasteiger partial charge in [-0.3, -0.25) is 0 Å². The summed E-state index contributed by atoms with van der Waals surface area (Å²) in [7, 11) is 0. The maximum atomic E-state index is 5.80. The minimum Gasteiger partial charge on any atom is -0.327 e. The van der Waals surface area contributed by atoms with Crippen LogP contribution in [0.5, 0.6) is 0 Å². The highest BCUT2D eigenvalue weighted by Gasteiger charge is 2.35. The summed E-state index contributed by atoms with van der Waals surface area (Å²) in [6, 6.07) is 0.528. The molecule has 9 heavy (non-hydrogen) atoms. The summed E-state index contributed by atoms with van der Waals surface area (Å²) in [5.74, 6) is 1.79. The molecule has 0 amide bonds. The van der Waals surface area contributed by atoms with Crippen LogP contribution in [-0.4, -0.2) is 6.04 Å². The average molecular weight is 127 g/mol. The minimum atomic E-state index is 0.528. The predicted molar refractivity (Wildman–Crippen MR) is 40.2 cm³/mol. The molecular formula is C8H17N. The van der Waals surface area contributed by atoms with E-state index in [9.17, 15) is 0 Å². The van der Waals surface area contributed by atoms with Crippen molar-refractivity contribution in [3.8, 4) is 0 Å². The van der Waals surface area contributed by atoms with Gasteiger partial charge in [0, 0.05) is 6.04 Å². The zero-order valence-corrected chi connectivity index (χ0v) is 6.43. The van der Waals surface area contributed by atoms with E-state index in [1.807, 2.05) is 0 Å². The molecule has 0 radical (unpaired) electrons. The van der Waals surface area contributed by atoms with E-state index < -0.39 is 0 Å². The van der Waals surface area contributed by atoms with Crippen LogP contribution >= 0.6 is 0 Å². The number of rotatable bonds is 2. The first-order chi connectivity index (χ1) is 4.29. The lowest BCUT2D eigenvalue weighted by Gasteiger charge is -2.42. The Bertz CT molecular complexity index is 90.6. The van der Waals surface area contributed by atoms with Gasteiger partial charge in [-0.15, -0.1) is 0 Å². The zero-order valence-electron chi connectivity index (χ0n) is 6.43. The van der Waals surface area contributed by atoms with Gasteiger partial charge in [-0.05, 0) is 18.3 Å². The van der Waals surface area contributed by atoms with Crippen molar-refractivity contribution in [3.05, 3.63) is 0 Å². The predicted octanol–water partition coefficient (Wildman–Crippen LogP) is 1.77. The van der Waals surface area contributed by atoms with Gasteiger partial charge in [0.25, 0.3) is 0 Å². The lowest BCUT2D eigenvalue weighted by atomic mass is 9.67. The smallest absolute Gasteiger partial charge is 0.00724 e. The Morgan fingerprint density at radius 1 is 1.33 bits per heavy atom. The fourth-order valence-corrected chi connectivity index (χ4v) is 1.96. The first-order valence-electron chi connectivity index (χ1n) is 4.05. The highest BCUT2D eigenvalue weighted by Crippen LogP contribution is 2.37. The van der Waals surface area contributed by atoms with Crippen LogP contribution in [0.25, 0.3) is 0 Å². The van der Waals surface area contributed by atoms with Crippen molar-refractivity contribution in [2.75, 3.05) is 0 Å². The van der Waals surface area contributed by atoms with Crippen molar-refractivity contribution in [2.45, 2.75) is 39.2 Å². The monoisotopic (exact) mass is 127 g/mol. The Hall–Kier alpha value is -0.0400. The van der Waals surface area contributed by atoms with Gasteiger partial charge in [0.1, 0.15) is 0 Å². The maximum absolute atomic E-state index is 5.80. The number of hydrogen-bond acceptors (Lipinski definition) is 1. The van der Waals surface area contributed by atoms with Gasteiger partial charge in [-0.1, -0.05) is 26.7 Å². The quantitative estimate of drug-likeness (QED) is 0.601. The molecule has 0 aromatic carbocycles. The fraction of sp³-hybridized carbons (Fsp3) is 1.00. The largest absolute Gasteiger partial charge is 0.327 e. The van der Waals surface area contributed by atoms with Crippen LogP contribution in [0.3, 0.4) is 0 Å². The molecule has 0 saturated heterocycles. The summed E-state index contributed by atoms with van der Waals surface area (Å²) in [6.45, 7) is 4.51. The summed E-state index contributed by atoms with van der Waals surface area (Å²) in [5, 5.41) is 0. The van der Waals surface area contributed by atoms with Gasteiger partial charge >= 0.3 is 0 Å². The topological polar surface area (TPSA) is 26.0 Å². The van der Waals surface area contributed by atoms with Crippen LogP contribution in [0, 0.1) is 11.8 Å². The average Bonchev–Trinajstić information content (AvgIpc) is 1.83. The molecule has 3 atom stereocenters. The molecule has 1 fully saturated rings. The van der Waals surface area contributed by atoms with Crippen LogP contribution in [0.2, 0.25) is 0 Å². The third kappa shape index (κ3) is 1.11. The third-order valence-corrected chi connectivity index (χ3v) is 2.73. The molecule has 0 aromatic heterocycles. The van der Waals surface area contributed by atoms with E-state index >= 15 is 0 Å². The first kappa shape index (κ1) is 7.07. The fourth-order valence-electron chi connectivity index (χ4n) is 1.96. The summed E-state index contributed by atoms with van der Waals surface area (Å²) in [6.07, 6.45) is 3.88. The van der Waals surface area contributed by atoms with Gasteiger partial charge in [0.15, 0.2) is 0 Å². The van der Waals surface area contributed by atoms with Crippen LogP contribution < -0.4 is 5.73 Å². The Morgan fingerprint density at radius 2 is 2.00 bits per heavy atom. The maximum Gasteiger partial charge on any atom is 0.00724 e. The van der Waals surface area contributed by atoms with Crippen molar-refractivity contribution in [2.24, 2.45) is 17.6 Å². The molecule has 1 heteroatoms. The Balaban J connectivity index is 2.29. The Kier molecular flexibility index (Phi) is 2.12. The molecule has 1 nitrogen and oxygen atoms in total. The standard InChI is InChI=1S/C8H17N/c1-3-6-5-8(9)7(6)4-2/h6-8H,3-5,9H2,1-2H3. The molecule has 1 rings (SSSR count). The highest BCUT2D eigenvalue weighted by atomic mass is 14.7. The van der Waals surface area contributed by atoms with E-state index in [4.69, 9.17) is 5.73 Å². The van der Waals surface area contributed by atoms with Crippen molar-refractivity contribution in [1.82, 2.24) is 0 Å². The van der Waals surface area contributed by atoms with Crippen molar-refractivity contribution in [3.63, 3.8) is 0 Å². The van der Waals surface area contributed by atoms with Gasteiger partial charge in [0.2, 0.25) is 0 Å². The van der Waals surface area contributed by atoms with Crippen molar-refractivity contribution < 1.29 is 0 Å². The lowest BCUT2D eigenvalue weighted by molar-refractivity contribution is 0.126. The summed E-state index contributed by atoms with van der Waals surface area (Å²) in [5.41, 5.74) is 5.80. The van der Waals surface area contributed by atoms with Crippen molar-refractivity contribution >= 4 is 0 Å². The SMILES string of the molecule is CCC1CC(N)C1CC. The van der Waals surface area contributed by atoms with E-state index in [1.54, 1.807) is 0 Å². The summed E-state index contributed by atoms with van der Waals surface area (Å²) < 4.78 is 0. The second kappa shape index (κ2) is 2.70. The number of hydrogen-bond donors (Lipinski definition) is 1. The second-order valence-corrected chi connectivity index (χ2v) is 3.14. The second-order valence-electron chi connectivity index (χ2n) is 3.14. The van der Waals surface area contributed by atoms with E-state index in [0.29, 0.717) is 6.04 Å². The summed E-state index contributed by atoms with van der Waals surface area (Å²) >= 11 is 0. The molecule has 0 bridgehead atoms. The normalized spacial score (nSPS) is 42.3. The van der Waals surface area contributed by atoms with E-state index in [0.717, 1.165) is 11.8 Å². The molecule has 2 N–H and O–H groups in total. The zero-order chi connectivity index (χ0) is 6.85. The Labute approximate surface area is 57.6 Å². The van der Waals surface area contributed by atoms with Gasteiger partial charge in [0.05, 0.1) is 0 Å². The van der Waals surface area contributed by atoms with Crippen LogP contribution in [0.1, 0.15) is 33.1 Å². The molecule has 1 aliphatic carbocycles. The molecule has 54 valence electrons. The highest BCUT2D eigenvalue weighted by molar-refractivity contribution is 4.90. The molecule has 1 aliphatic rings. The van der Waals surface area contributed by atoms with Gasteiger partial charge in [-0.25, -0.2) is 0 Å². The van der Waals surface area contributed by atoms with Gasteiger partial charge in [-0.2, -0.15) is 0 Å². The lowest BCUT2D eigenvalue weighted by Crippen LogP contribution is -2.46. The van der Waals surface area contributed by atoms with E-state index in [-0.39, 0.29) is 0 Å². The minimum absolute atomic E-state index is 0.528. The Morgan fingerprint density at radius 3 is 2.22 bits per heavy atom. The molecule has 0 aliphatic heterocycles. The molecule has 0 aromatic rings. The van der Waals surface area contributed by atoms with Crippen LogP contribution in [0.15, 0.2) is 0 Å². The molecule has 3 unspecified atom stereocenters. The van der Waals surface area contributed by atoms with Crippen LogP contribution in [-0.2, 0) is 0 Å². The number of nitrogens with two attached hydrogens (primary N) is 1. The molecular weight excluding hydrogens is 110 g/mol. The van der Waals surface area contributed by atoms with E-state index in [1.165, 1.54) is 19.3 Å². The molecule has 0 heterocycles. The first-order valence-corrected chi connectivity index (χ1v) is 4.05. The van der Waals surface area contributed by atoms with Gasteiger partial charge < -0.3 is 5.73 Å². The summed E-state index contributed by atoms with van der Waals surface area (Å²) in [4.78, 5) is 0. The van der Waals surface area contributed by atoms with E-state index in [2.05, 4.69) is 13.8 Å². The molecule has 1 saturated carbocycles. The van der Waals surface area contributed by atoms with Crippen molar-refractivity contribution in [1.29, 1.82) is 0 Å². The third-order valence-electron chi connectivity index (χ3n) is 2.73.